The maximum absolute atomic E-state index is 3.77. The van der Waals surface area contributed by atoms with Crippen molar-refractivity contribution in [3.63, 3.8) is 0 Å². The molecule has 0 fully saturated rings. The molecule has 21 heavy (non-hydrogen) atoms. The van der Waals surface area contributed by atoms with Crippen molar-refractivity contribution in [2.45, 2.75) is 53.5 Å². The SMILES string of the molecule is CCCNC(C)c1ccc(N(CC)CC(C)CC)c(Br)c1. The Balaban J connectivity index is 2.85. The van der Waals surface area contributed by atoms with Crippen LogP contribution in [0.5, 0.6) is 0 Å². The molecule has 0 aliphatic rings. The number of hydrogen-bond acceptors (Lipinski definition) is 2. The fourth-order valence-corrected chi connectivity index (χ4v) is 3.08. The molecule has 0 spiro atoms. The van der Waals surface area contributed by atoms with Crippen molar-refractivity contribution in [1.82, 2.24) is 5.32 Å². The highest BCUT2D eigenvalue weighted by molar-refractivity contribution is 9.10. The molecule has 0 heterocycles. The molecule has 1 N–H and O–H groups in total. The van der Waals surface area contributed by atoms with E-state index in [0.29, 0.717) is 6.04 Å². The van der Waals surface area contributed by atoms with Crippen molar-refractivity contribution < 1.29 is 0 Å². The van der Waals surface area contributed by atoms with Crippen LogP contribution in [0.4, 0.5) is 5.69 Å². The van der Waals surface area contributed by atoms with Gasteiger partial charge in [0.25, 0.3) is 0 Å². The average molecular weight is 355 g/mol. The zero-order valence-electron chi connectivity index (χ0n) is 14.2. The Bertz CT molecular complexity index is 420. The standard InChI is InChI=1S/C18H31BrN2/c1-6-11-20-15(5)16-9-10-18(17(19)12-16)21(8-3)13-14(4)7-2/h9-10,12,14-15,20H,6-8,11,13H2,1-5H3. The highest BCUT2D eigenvalue weighted by Gasteiger charge is 2.13. The van der Waals surface area contributed by atoms with Gasteiger partial charge in [-0.2, -0.15) is 0 Å². The van der Waals surface area contributed by atoms with E-state index in [1.165, 1.54) is 28.6 Å². The number of nitrogens with zero attached hydrogens (tertiary/aromatic N) is 1. The monoisotopic (exact) mass is 354 g/mol. The van der Waals surface area contributed by atoms with E-state index in [0.717, 1.165) is 25.6 Å². The smallest absolute Gasteiger partial charge is 0.0510 e. The molecule has 2 nitrogen and oxygen atoms in total. The first kappa shape index (κ1) is 18.5. The molecule has 0 saturated heterocycles. The first-order chi connectivity index (χ1) is 10.0. The second kappa shape index (κ2) is 9.47. The van der Waals surface area contributed by atoms with Crippen LogP contribution in [0.2, 0.25) is 0 Å². The van der Waals surface area contributed by atoms with Crippen LogP contribution in [0.1, 0.15) is 59.1 Å². The van der Waals surface area contributed by atoms with Gasteiger partial charge in [0.15, 0.2) is 0 Å². The van der Waals surface area contributed by atoms with Gasteiger partial charge in [0, 0.05) is 23.6 Å². The lowest BCUT2D eigenvalue weighted by atomic mass is 10.1. The Morgan fingerprint density at radius 1 is 1.19 bits per heavy atom. The van der Waals surface area contributed by atoms with E-state index >= 15 is 0 Å². The molecular weight excluding hydrogens is 324 g/mol. The molecule has 0 aliphatic carbocycles. The van der Waals surface area contributed by atoms with E-state index in [9.17, 15) is 0 Å². The van der Waals surface area contributed by atoms with Crippen LogP contribution in [0.3, 0.4) is 0 Å². The van der Waals surface area contributed by atoms with Crippen LogP contribution in [0.15, 0.2) is 22.7 Å². The predicted molar refractivity (Wildman–Crippen MR) is 98.2 cm³/mol. The van der Waals surface area contributed by atoms with Crippen LogP contribution in [0.25, 0.3) is 0 Å². The molecule has 2 unspecified atom stereocenters. The molecule has 0 saturated carbocycles. The number of rotatable bonds is 9. The first-order valence-corrected chi connectivity index (χ1v) is 9.10. The van der Waals surface area contributed by atoms with Gasteiger partial charge < -0.3 is 10.2 Å². The average Bonchev–Trinajstić information content (AvgIpc) is 2.50. The summed E-state index contributed by atoms with van der Waals surface area (Å²) in [5.74, 6) is 0.724. The zero-order chi connectivity index (χ0) is 15.8. The highest BCUT2D eigenvalue weighted by Crippen LogP contribution is 2.30. The first-order valence-electron chi connectivity index (χ1n) is 8.31. The minimum absolute atomic E-state index is 0.403. The van der Waals surface area contributed by atoms with Gasteiger partial charge >= 0.3 is 0 Å². The molecule has 1 aromatic carbocycles. The Labute approximate surface area is 139 Å². The third kappa shape index (κ3) is 5.63. The molecule has 1 rings (SSSR count). The molecule has 1 aromatic rings. The zero-order valence-corrected chi connectivity index (χ0v) is 15.8. The summed E-state index contributed by atoms with van der Waals surface area (Å²) in [5, 5.41) is 3.55. The summed E-state index contributed by atoms with van der Waals surface area (Å²) < 4.78 is 1.20. The minimum atomic E-state index is 0.403. The van der Waals surface area contributed by atoms with Gasteiger partial charge in [-0.05, 0) is 66.4 Å². The molecule has 3 heteroatoms. The normalized spacial score (nSPS) is 14.0. The van der Waals surface area contributed by atoms with Crippen molar-refractivity contribution in [2.75, 3.05) is 24.5 Å². The Kier molecular flexibility index (Phi) is 8.35. The molecule has 0 bridgehead atoms. The van der Waals surface area contributed by atoms with Crippen LogP contribution in [-0.2, 0) is 0 Å². The largest absolute Gasteiger partial charge is 0.371 e. The van der Waals surface area contributed by atoms with E-state index < -0.39 is 0 Å². The number of benzene rings is 1. The third-order valence-electron chi connectivity index (χ3n) is 4.12. The molecule has 0 radical (unpaired) electrons. The predicted octanol–water partition coefficient (Wildman–Crippen LogP) is 5.38. The van der Waals surface area contributed by atoms with Crippen LogP contribution in [0, 0.1) is 5.92 Å². The van der Waals surface area contributed by atoms with Crippen molar-refractivity contribution >= 4 is 21.6 Å². The molecule has 120 valence electrons. The maximum atomic E-state index is 3.77. The third-order valence-corrected chi connectivity index (χ3v) is 4.76. The van der Waals surface area contributed by atoms with E-state index in [1.807, 2.05) is 0 Å². The van der Waals surface area contributed by atoms with E-state index in [-0.39, 0.29) is 0 Å². The summed E-state index contributed by atoms with van der Waals surface area (Å²) in [5.41, 5.74) is 2.66. The highest BCUT2D eigenvalue weighted by atomic mass is 79.9. The lowest BCUT2D eigenvalue weighted by Crippen LogP contribution is -2.28. The van der Waals surface area contributed by atoms with Gasteiger partial charge in [-0.3, -0.25) is 0 Å². The summed E-state index contributed by atoms with van der Waals surface area (Å²) in [6.45, 7) is 14.5. The summed E-state index contributed by atoms with van der Waals surface area (Å²) in [4.78, 5) is 2.46. The lowest BCUT2D eigenvalue weighted by molar-refractivity contribution is 0.547. The minimum Gasteiger partial charge on any atom is -0.371 e. The van der Waals surface area contributed by atoms with Crippen LogP contribution in [-0.4, -0.2) is 19.6 Å². The Morgan fingerprint density at radius 3 is 2.43 bits per heavy atom. The molecule has 0 amide bonds. The molecule has 2 atom stereocenters. The molecule has 0 aliphatic heterocycles. The topological polar surface area (TPSA) is 15.3 Å². The lowest BCUT2D eigenvalue weighted by Gasteiger charge is -2.28. The van der Waals surface area contributed by atoms with Gasteiger partial charge in [0.05, 0.1) is 5.69 Å². The van der Waals surface area contributed by atoms with Gasteiger partial charge in [0.1, 0.15) is 0 Å². The number of anilines is 1. The van der Waals surface area contributed by atoms with Gasteiger partial charge in [-0.1, -0.05) is 33.3 Å². The Morgan fingerprint density at radius 2 is 1.90 bits per heavy atom. The maximum Gasteiger partial charge on any atom is 0.0510 e. The number of nitrogens with one attached hydrogen (secondary N) is 1. The summed E-state index contributed by atoms with van der Waals surface area (Å²) in [6, 6.07) is 7.18. The summed E-state index contributed by atoms with van der Waals surface area (Å²) >= 11 is 3.77. The fourth-order valence-electron chi connectivity index (χ4n) is 2.43. The van der Waals surface area contributed by atoms with Gasteiger partial charge in [-0.25, -0.2) is 0 Å². The molecular formula is C18H31BrN2. The quantitative estimate of drug-likeness (QED) is 0.640. The number of hydrogen-bond donors (Lipinski definition) is 1. The summed E-state index contributed by atoms with van der Waals surface area (Å²) in [7, 11) is 0. The van der Waals surface area contributed by atoms with Crippen molar-refractivity contribution in [1.29, 1.82) is 0 Å². The summed E-state index contributed by atoms with van der Waals surface area (Å²) in [6.07, 6.45) is 2.40. The number of halogens is 1. The van der Waals surface area contributed by atoms with Gasteiger partial charge in [0.2, 0.25) is 0 Å². The van der Waals surface area contributed by atoms with E-state index in [1.54, 1.807) is 0 Å². The fraction of sp³-hybridized carbons (Fsp3) is 0.667. The molecule has 0 aromatic heterocycles. The van der Waals surface area contributed by atoms with E-state index in [4.69, 9.17) is 0 Å². The van der Waals surface area contributed by atoms with Crippen molar-refractivity contribution in [3.05, 3.63) is 28.2 Å². The second-order valence-corrected chi connectivity index (χ2v) is 6.79. The Hall–Kier alpha value is -0.540. The van der Waals surface area contributed by atoms with Gasteiger partial charge in [-0.15, -0.1) is 0 Å². The van der Waals surface area contributed by atoms with Crippen LogP contribution < -0.4 is 10.2 Å². The second-order valence-electron chi connectivity index (χ2n) is 5.94. The van der Waals surface area contributed by atoms with Crippen molar-refractivity contribution in [3.8, 4) is 0 Å². The van der Waals surface area contributed by atoms with Crippen LogP contribution >= 0.6 is 15.9 Å². The van der Waals surface area contributed by atoms with E-state index in [2.05, 4.69) is 79.0 Å². The van der Waals surface area contributed by atoms with Crippen molar-refractivity contribution in [2.24, 2.45) is 5.92 Å².